The Balaban J connectivity index is 0.00000736. The number of hydrogen-bond acceptors (Lipinski definition) is 6. The fraction of sp³-hybridized carbons (Fsp3) is 0.0857. The first kappa shape index (κ1) is 48.4. The second kappa shape index (κ2) is 23.3. The molecule has 392 valence electrons. The van der Waals surface area contributed by atoms with Crippen molar-refractivity contribution in [3.8, 4) is 17.3 Å². The molecule has 0 bridgehead atoms. The van der Waals surface area contributed by atoms with Crippen molar-refractivity contribution in [3.05, 3.63) is 307 Å². The monoisotopic (exact) mass is 1220 g/mol. The van der Waals surface area contributed by atoms with Crippen LogP contribution in [-0.2, 0) is 31.9 Å². The van der Waals surface area contributed by atoms with Gasteiger partial charge < -0.3 is 29.7 Å². The summed E-state index contributed by atoms with van der Waals surface area (Å²) in [4.78, 5) is 9.35. The normalized spacial score (nSPS) is 18.7. The van der Waals surface area contributed by atoms with Gasteiger partial charge in [0.05, 0.1) is 5.48 Å². The first-order valence-corrected chi connectivity index (χ1v) is 26.4. The predicted octanol–water partition coefficient (Wildman–Crippen LogP) is 16.0. The molecule has 2 N–H and O–H groups in total. The third-order valence-corrected chi connectivity index (χ3v) is 14.6. The standard InChI is InChI=1S/C70H57B2N6O.Pt/c1-69(2,3)53-44-59(61-29-20-41-73-39-17-15-37-71-61)68(60(45-53)62-30-21-42-74-40-18-16-38-72-62)77-49-76(64-32-13-14-33-65(64)77)54-26-19-27-55(47-54)79-56-34-35-58-57-28-11-12-31-63(57)78(66(58)48-56)67-46-52(36-43-75-67)70(4,50-22-7-5-8-23-50)51-24-9-6-10-25-51;/h5-46,49,73-74H,1-4H3;/q-3;/b37-15-,38-16-,39-17-,40-18-,41-20-,42-21-,61-29-,62-30-;/i11D,12D,28D,31D;. The summed E-state index contributed by atoms with van der Waals surface area (Å²) in [6, 6.07) is 53.3. The molecule has 12 rings (SSSR count). The smallest absolute Gasteiger partial charge is 0.182 e. The molecule has 9 aromatic rings. The zero-order chi connectivity index (χ0) is 57.2. The number of ether oxygens (including phenoxy) is 1. The molecule has 5 heterocycles. The second-order valence-electron chi connectivity index (χ2n) is 20.5. The Morgan fingerprint density at radius 1 is 0.575 bits per heavy atom. The van der Waals surface area contributed by atoms with Gasteiger partial charge >= 0.3 is 0 Å². The van der Waals surface area contributed by atoms with Gasteiger partial charge in [-0.3, -0.25) is 0 Å². The summed E-state index contributed by atoms with van der Waals surface area (Å²) in [6.07, 6.45) is 25.8. The molecule has 0 fully saturated rings. The minimum atomic E-state index is -0.619. The maximum absolute atomic E-state index is 9.35. The van der Waals surface area contributed by atoms with Crippen LogP contribution in [0, 0.1) is 18.8 Å². The third-order valence-electron chi connectivity index (χ3n) is 14.6. The number of benzene rings is 7. The number of anilines is 4. The molecule has 10 heteroatoms. The van der Waals surface area contributed by atoms with Gasteiger partial charge in [0, 0.05) is 91.6 Å². The van der Waals surface area contributed by atoms with Crippen molar-refractivity contribution in [2.24, 2.45) is 0 Å². The Morgan fingerprint density at radius 2 is 1.18 bits per heavy atom. The van der Waals surface area contributed by atoms with Crippen molar-refractivity contribution in [2.45, 2.75) is 38.5 Å². The van der Waals surface area contributed by atoms with Crippen molar-refractivity contribution in [2.75, 3.05) is 9.80 Å². The first-order chi connectivity index (χ1) is 40.4. The average molecular weight is 1220 g/mol. The van der Waals surface area contributed by atoms with Crippen LogP contribution in [0.5, 0.6) is 11.5 Å². The number of pyridine rings is 1. The van der Waals surface area contributed by atoms with E-state index in [1.165, 1.54) is 5.56 Å². The van der Waals surface area contributed by atoms with Crippen LogP contribution in [0.15, 0.2) is 255 Å². The molecule has 0 saturated heterocycles. The molecule has 2 aromatic heterocycles. The van der Waals surface area contributed by atoms with E-state index >= 15 is 0 Å². The van der Waals surface area contributed by atoms with E-state index in [0.717, 1.165) is 61.5 Å². The van der Waals surface area contributed by atoms with Gasteiger partial charge in [-0.15, -0.1) is 60.0 Å². The summed E-state index contributed by atoms with van der Waals surface area (Å²) < 4.78 is 44.7. The van der Waals surface area contributed by atoms with Gasteiger partial charge in [0.15, 0.2) is 14.6 Å². The third kappa shape index (κ3) is 10.6. The summed E-state index contributed by atoms with van der Waals surface area (Å²) in [6.45, 7) is 11.1. The first-order valence-electron chi connectivity index (χ1n) is 28.4. The van der Waals surface area contributed by atoms with E-state index in [-0.39, 0.29) is 50.6 Å². The average Bonchev–Trinajstić information content (AvgIpc) is 1.67. The van der Waals surface area contributed by atoms with Gasteiger partial charge in [-0.25, -0.2) is 4.98 Å². The summed E-state index contributed by atoms with van der Waals surface area (Å²) in [7, 11) is 4.32. The summed E-state index contributed by atoms with van der Waals surface area (Å²) >= 11 is 0. The van der Waals surface area contributed by atoms with Gasteiger partial charge in [0.2, 0.25) is 0 Å². The number of fused-ring (bicyclic) bond motifs is 4. The van der Waals surface area contributed by atoms with Gasteiger partial charge in [0.1, 0.15) is 5.82 Å². The van der Waals surface area contributed by atoms with E-state index in [4.69, 9.17) is 12.5 Å². The fourth-order valence-corrected chi connectivity index (χ4v) is 10.5. The van der Waals surface area contributed by atoms with Gasteiger partial charge in [-0.2, -0.15) is 12.1 Å². The largest absolute Gasteiger partial charge is 0.509 e. The van der Waals surface area contributed by atoms with Gasteiger partial charge in [-0.05, 0) is 118 Å². The molecule has 80 heavy (non-hydrogen) atoms. The zero-order valence-electron chi connectivity index (χ0n) is 48.7. The maximum Gasteiger partial charge on any atom is 0.182 e. The maximum atomic E-state index is 9.35. The number of hydrogen-bond donors (Lipinski definition) is 2. The topological polar surface area (TPSA) is 57.6 Å². The van der Waals surface area contributed by atoms with Crippen LogP contribution in [0.4, 0.5) is 22.7 Å². The molecule has 2 radical (unpaired) electrons. The quantitative estimate of drug-likeness (QED) is 0.105. The van der Waals surface area contributed by atoms with Crippen LogP contribution < -0.4 is 25.2 Å². The molecular formula is C70H57B2N6OPt-3. The summed E-state index contributed by atoms with van der Waals surface area (Å²) in [5, 5.41) is 7.43. The second-order valence-corrected chi connectivity index (χ2v) is 20.5. The van der Waals surface area contributed by atoms with Crippen molar-refractivity contribution >= 4 is 70.1 Å². The number of para-hydroxylation sites is 3. The van der Waals surface area contributed by atoms with Crippen LogP contribution >= 0.6 is 0 Å². The minimum Gasteiger partial charge on any atom is -0.509 e. The van der Waals surface area contributed by atoms with E-state index < -0.39 is 5.41 Å². The molecular weight excluding hydrogens is 1160 g/mol. The minimum absolute atomic E-state index is 0. The Hall–Kier alpha value is -8.77. The molecule has 0 spiro atoms. The van der Waals surface area contributed by atoms with Crippen LogP contribution in [0.2, 0.25) is 0 Å². The van der Waals surface area contributed by atoms with Crippen LogP contribution in [0.25, 0.3) is 38.6 Å². The van der Waals surface area contributed by atoms with Gasteiger partial charge in [-0.1, -0.05) is 152 Å². The molecule has 0 saturated carbocycles. The molecule has 0 aliphatic carbocycles. The van der Waals surface area contributed by atoms with Crippen LogP contribution in [-0.4, -0.2) is 24.1 Å². The molecule has 0 unspecified atom stereocenters. The van der Waals surface area contributed by atoms with E-state index in [0.29, 0.717) is 39.1 Å². The molecule has 3 aliphatic rings. The summed E-state index contributed by atoms with van der Waals surface area (Å²) in [5.74, 6) is 5.39. The van der Waals surface area contributed by atoms with Crippen molar-refractivity contribution in [1.82, 2.24) is 20.2 Å². The Labute approximate surface area is 491 Å². The van der Waals surface area contributed by atoms with E-state index in [1.54, 1.807) is 16.8 Å². The van der Waals surface area contributed by atoms with Crippen LogP contribution in [0.3, 0.4) is 0 Å². The van der Waals surface area contributed by atoms with Crippen LogP contribution in [0.1, 0.15) is 66.6 Å². The number of aromatic nitrogens is 2. The van der Waals surface area contributed by atoms with E-state index in [9.17, 15) is 2.74 Å². The number of nitrogens with one attached hydrogen (secondary N) is 2. The predicted molar refractivity (Wildman–Crippen MR) is 330 cm³/mol. The molecule has 0 atom stereocenters. The van der Waals surface area contributed by atoms with E-state index in [2.05, 4.69) is 160 Å². The number of allylic oxidation sites excluding steroid dienone is 8. The van der Waals surface area contributed by atoms with Crippen molar-refractivity contribution in [3.63, 3.8) is 0 Å². The molecule has 7 nitrogen and oxygen atoms in total. The molecule has 3 aliphatic heterocycles. The SMILES string of the molecule is [2H]c1c([2H])c([2H])c2c(c1[2H])c1ccc(Oc3[c-]c(N4[CH-]N(c5c(/C6=C/C=C\N/C=C\C=C/[B]6)cc(C(C)(C)C)cc5/C5=C/C=C\N/C=C\C=C/[B]5)c5ccccc54)ccc3)[c-]c1n2-c1cc(C(C)(c2ccccc2)c2ccccc2)ccn1.[Pt]. The molecule has 7 aromatic carbocycles. The fourth-order valence-electron chi connectivity index (χ4n) is 10.5. The van der Waals surface area contributed by atoms with Crippen molar-refractivity contribution in [1.29, 1.82) is 0 Å². The Morgan fingerprint density at radius 3 is 1.82 bits per heavy atom. The van der Waals surface area contributed by atoms with E-state index in [1.807, 2.05) is 140 Å². The Bertz CT molecular complexity index is 4130. The number of nitrogens with zero attached hydrogens (tertiary/aromatic N) is 4. The Kier molecular flexibility index (Phi) is 14.1. The molecule has 0 amide bonds. The number of rotatable bonds is 10. The van der Waals surface area contributed by atoms with Gasteiger partial charge in [0.25, 0.3) is 0 Å². The van der Waals surface area contributed by atoms with Crippen molar-refractivity contribution < 1.29 is 31.3 Å². The summed E-state index contributed by atoms with van der Waals surface area (Å²) in [5.41, 5.74) is 12.0. The zero-order valence-corrected chi connectivity index (χ0v) is 47.0.